The molecule has 3 heteroatoms. The van der Waals surface area contributed by atoms with Gasteiger partial charge in [0.2, 0.25) is 0 Å². The van der Waals surface area contributed by atoms with Crippen molar-refractivity contribution < 1.29 is 4.79 Å². The predicted molar refractivity (Wildman–Crippen MR) is 79.5 cm³/mol. The molecule has 1 aliphatic rings. The quantitative estimate of drug-likeness (QED) is 0.903. The van der Waals surface area contributed by atoms with Crippen LogP contribution in [0.25, 0.3) is 0 Å². The zero-order valence-electron chi connectivity index (χ0n) is 12.2. The van der Waals surface area contributed by atoms with E-state index in [1.807, 2.05) is 29.2 Å². The van der Waals surface area contributed by atoms with Crippen LogP contribution in [0.3, 0.4) is 0 Å². The molecular weight excluding hydrogens is 236 g/mol. The molecule has 1 heterocycles. The Morgan fingerprint density at radius 1 is 1.32 bits per heavy atom. The van der Waals surface area contributed by atoms with Crippen molar-refractivity contribution in [2.45, 2.75) is 33.6 Å². The van der Waals surface area contributed by atoms with Crippen molar-refractivity contribution in [1.82, 2.24) is 4.90 Å². The zero-order valence-corrected chi connectivity index (χ0v) is 12.2. The van der Waals surface area contributed by atoms with Crippen molar-refractivity contribution in [3.05, 3.63) is 29.8 Å². The second-order valence-electron chi connectivity index (χ2n) is 6.10. The molecule has 104 valence electrons. The Hall–Kier alpha value is -1.51. The molecule has 0 aromatic heterocycles. The lowest BCUT2D eigenvalue weighted by Gasteiger charge is -2.38. The molecule has 0 radical (unpaired) electrons. The molecule has 1 fully saturated rings. The molecule has 0 atom stereocenters. The van der Waals surface area contributed by atoms with Crippen LogP contribution in [0.4, 0.5) is 5.69 Å². The van der Waals surface area contributed by atoms with Gasteiger partial charge < -0.3 is 10.2 Å². The highest BCUT2D eigenvalue weighted by atomic mass is 16.2. The van der Waals surface area contributed by atoms with Crippen LogP contribution in [0, 0.1) is 5.41 Å². The summed E-state index contributed by atoms with van der Waals surface area (Å²) in [6.45, 7) is 9.18. The number of nitrogens with zero attached hydrogens (tertiary/aromatic N) is 1. The van der Waals surface area contributed by atoms with Gasteiger partial charge in [-0.15, -0.1) is 0 Å². The number of likely N-dealkylation sites (tertiary alicyclic amines) is 1. The summed E-state index contributed by atoms with van der Waals surface area (Å²) in [5.41, 5.74) is 2.11. The summed E-state index contributed by atoms with van der Waals surface area (Å²) in [4.78, 5) is 14.5. The van der Waals surface area contributed by atoms with E-state index in [2.05, 4.69) is 26.1 Å². The molecular formula is C16H24N2O. The number of anilines is 1. The fourth-order valence-corrected chi connectivity index (χ4v) is 2.71. The first-order chi connectivity index (χ1) is 9.02. The Balaban J connectivity index is 2.06. The largest absolute Gasteiger partial charge is 0.385 e. The van der Waals surface area contributed by atoms with Crippen molar-refractivity contribution in [3.8, 4) is 0 Å². The van der Waals surface area contributed by atoms with Crippen molar-refractivity contribution in [1.29, 1.82) is 0 Å². The number of piperidine rings is 1. The van der Waals surface area contributed by atoms with Gasteiger partial charge in [-0.3, -0.25) is 4.79 Å². The van der Waals surface area contributed by atoms with E-state index < -0.39 is 0 Å². The fraction of sp³-hybridized carbons (Fsp3) is 0.562. The highest BCUT2D eigenvalue weighted by Gasteiger charge is 2.29. The van der Waals surface area contributed by atoms with Gasteiger partial charge in [-0.25, -0.2) is 0 Å². The first-order valence-corrected chi connectivity index (χ1v) is 7.15. The van der Waals surface area contributed by atoms with Gasteiger partial charge in [-0.2, -0.15) is 0 Å². The van der Waals surface area contributed by atoms with Gasteiger partial charge >= 0.3 is 0 Å². The highest BCUT2D eigenvalue weighted by Crippen LogP contribution is 2.29. The Morgan fingerprint density at radius 2 is 2.00 bits per heavy atom. The van der Waals surface area contributed by atoms with Gasteiger partial charge in [-0.1, -0.05) is 13.8 Å². The Kier molecular flexibility index (Phi) is 4.13. The summed E-state index contributed by atoms with van der Waals surface area (Å²) < 4.78 is 0. The predicted octanol–water partition coefficient (Wildman–Crippen LogP) is 3.38. The Labute approximate surface area is 116 Å². The molecule has 2 rings (SSSR count). The van der Waals surface area contributed by atoms with E-state index in [0.29, 0.717) is 0 Å². The number of rotatable bonds is 3. The topological polar surface area (TPSA) is 32.3 Å². The lowest BCUT2D eigenvalue weighted by molar-refractivity contribution is 0.0583. The van der Waals surface area contributed by atoms with Crippen LogP contribution in [0.1, 0.15) is 44.0 Å². The maximum atomic E-state index is 12.5. The monoisotopic (exact) mass is 260 g/mol. The molecule has 0 spiro atoms. The minimum atomic E-state index is 0.163. The number of carbonyl (C=O) groups is 1. The molecule has 19 heavy (non-hydrogen) atoms. The van der Waals surface area contributed by atoms with E-state index in [4.69, 9.17) is 0 Å². The average molecular weight is 260 g/mol. The molecule has 1 aromatic rings. The Morgan fingerprint density at radius 3 is 2.58 bits per heavy atom. The smallest absolute Gasteiger partial charge is 0.253 e. The van der Waals surface area contributed by atoms with Gasteiger partial charge in [0, 0.05) is 30.9 Å². The third kappa shape index (κ3) is 3.49. The SMILES string of the molecule is CCNc1ccc(C(=O)N2CCCC(C)(C)C2)cc1. The number of nitrogens with one attached hydrogen (secondary N) is 1. The fourth-order valence-electron chi connectivity index (χ4n) is 2.71. The lowest BCUT2D eigenvalue weighted by atomic mass is 9.84. The van der Waals surface area contributed by atoms with Crippen molar-refractivity contribution in [2.75, 3.05) is 25.0 Å². The summed E-state index contributed by atoms with van der Waals surface area (Å²) >= 11 is 0. The van der Waals surface area contributed by atoms with E-state index in [0.717, 1.165) is 37.3 Å². The normalized spacial score (nSPS) is 18.2. The first kappa shape index (κ1) is 13.9. The van der Waals surface area contributed by atoms with E-state index in [9.17, 15) is 4.79 Å². The Bertz CT molecular complexity index is 437. The van der Waals surface area contributed by atoms with Gasteiger partial charge in [0.1, 0.15) is 0 Å². The van der Waals surface area contributed by atoms with Gasteiger partial charge in [-0.05, 0) is 49.4 Å². The second-order valence-corrected chi connectivity index (χ2v) is 6.10. The maximum Gasteiger partial charge on any atom is 0.253 e. The number of hydrogen-bond donors (Lipinski definition) is 1. The third-order valence-electron chi connectivity index (χ3n) is 3.70. The van der Waals surface area contributed by atoms with Crippen molar-refractivity contribution in [2.24, 2.45) is 5.41 Å². The molecule has 1 amide bonds. The molecule has 1 aliphatic heterocycles. The minimum Gasteiger partial charge on any atom is -0.385 e. The van der Waals surface area contributed by atoms with Crippen LogP contribution in [-0.4, -0.2) is 30.4 Å². The molecule has 0 unspecified atom stereocenters. The molecule has 1 aromatic carbocycles. The standard InChI is InChI=1S/C16H24N2O/c1-4-17-14-8-6-13(7-9-14)15(19)18-11-5-10-16(2,3)12-18/h6-9,17H,4-5,10-12H2,1-3H3. The maximum absolute atomic E-state index is 12.5. The molecule has 0 saturated carbocycles. The van der Waals surface area contributed by atoms with Gasteiger partial charge in [0.25, 0.3) is 5.91 Å². The van der Waals surface area contributed by atoms with Crippen LogP contribution in [0.2, 0.25) is 0 Å². The van der Waals surface area contributed by atoms with Gasteiger partial charge in [0.15, 0.2) is 0 Å². The average Bonchev–Trinajstić information content (AvgIpc) is 2.38. The highest BCUT2D eigenvalue weighted by molar-refractivity contribution is 5.94. The molecule has 0 aliphatic carbocycles. The van der Waals surface area contributed by atoms with Crippen LogP contribution < -0.4 is 5.32 Å². The summed E-state index contributed by atoms with van der Waals surface area (Å²) in [5.74, 6) is 0.163. The molecule has 1 saturated heterocycles. The zero-order chi connectivity index (χ0) is 13.9. The van der Waals surface area contributed by atoms with Gasteiger partial charge in [0.05, 0.1) is 0 Å². The number of amides is 1. The van der Waals surface area contributed by atoms with Crippen LogP contribution in [0.5, 0.6) is 0 Å². The minimum absolute atomic E-state index is 0.163. The molecule has 3 nitrogen and oxygen atoms in total. The summed E-state index contributed by atoms with van der Waals surface area (Å²) in [6, 6.07) is 7.79. The summed E-state index contributed by atoms with van der Waals surface area (Å²) in [6.07, 6.45) is 2.31. The first-order valence-electron chi connectivity index (χ1n) is 7.15. The lowest BCUT2D eigenvalue weighted by Crippen LogP contribution is -2.43. The van der Waals surface area contributed by atoms with E-state index >= 15 is 0 Å². The number of benzene rings is 1. The summed E-state index contributed by atoms with van der Waals surface area (Å²) in [5, 5.41) is 3.24. The number of carbonyl (C=O) groups excluding carboxylic acids is 1. The van der Waals surface area contributed by atoms with Crippen LogP contribution in [0.15, 0.2) is 24.3 Å². The number of hydrogen-bond acceptors (Lipinski definition) is 2. The summed E-state index contributed by atoms with van der Waals surface area (Å²) in [7, 11) is 0. The van der Waals surface area contributed by atoms with Crippen LogP contribution >= 0.6 is 0 Å². The van der Waals surface area contributed by atoms with E-state index in [1.54, 1.807) is 0 Å². The third-order valence-corrected chi connectivity index (χ3v) is 3.70. The van der Waals surface area contributed by atoms with E-state index in [1.165, 1.54) is 6.42 Å². The van der Waals surface area contributed by atoms with Crippen molar-refractivity contribution in [3.63, 3.8) is 0 Å². The molecule has 1 N–H and O–H groups in total. The van der Waals surface area contributed by atoms with Crippen LogP contribution in [-0.2, 0) is 0 Å². The second kappa shape index (κ2) is 5.64. The van der Waals surface area contributed by atoms with E-state index in [-0.39, 0.29) is 11.3 Å². The molecule has 0 bridgehead atoms. The van der Waals surface area contributed by atoms with Crippen molar-refractivity contribution >= 4 is 11.6 Å².